The maximum absolute atomic E-state index is 12.1. The van der Waals surface area contributed by atoms with Crippen LogP contribution in [-0.4, -0.2) is 23.7 Å². The van der Waals surface area contributed by atoms with E-state index in [2.05, 4.69) is 15.5 Å². The number of aryl methyl sites for hydroxylation is 1. The van der Waals surface area contributed by atoms with Crippen molar-refractivity contribution in [3.05, 3.63) is 40.4 Å². The number of hydrogen-bond acceptors (Lipinski definition) is 6. The Labute approximate surface area is 139 Å². The number of hydrazone groups is 1. The van der Waals surface area contributed by atoms with Gasteiger partial charge in [-0.3, -0.25) is 4.79 Å². The van der Waals surface area contributed by atoms with Gasteiger partial charge in [0.25, 0.3) is 5.91 Å². The van der Waals surface area contributed by atoms with Gasteiger partial charge in [-0.2, -0.15) is 5.10 Å². The first-order valence-corrected chi connectivity index (χ1v) is 8.27. The van der Waals surface area contributed by atoms with Gasteiger partial charge in [-0.15, -0.1) is 0 Å². The van der Waals surface area contributed by atoms with Crippen molar-refractivity contribution in [3.63, 3.8) is 0 Å². The number of carbonyl (C=O) groups is 1. The highest BCUT2D eigenvalue weighted by Gasteiger charge is 2.15. The summed E-state index contributed by atoms with van der Waals surface area (Å²) in [6.45, 7) is 4.61. The fraction of sp³-hybridized carbons (Fsp3) is 0.312. The molecule has 0 saturated carbocycles. The van der Waals surface area contributed by atoms with Crippen LogP contribution in [0.3, 0.4) is 0 Å². The van der Waals surface area contributed by atoms with Crippen molar-refractivity contribution in [2.45, 2.75) is 26.7 Å². The maximum Gasteiger partial charge on any atom is 0.283 e. The molecule has 2 rings (SSSR count). The highest BCUT2D eigenvalue weighted by atomic mass is 32.1. The number of aromatic nitrogens is 1. The van der Waals surface area contributed by atoms with Crippen LogP contribution < -0.4 is 15.9 Å². The van der Waals surface area contributed by atoms with E-state index in [0.29, 0.717) is 28.7 Å². The molecule has 0 aliphatic rings. The number of nitrogens with one attached hydrogen (secondary N) is 1. The summed E-state index contributed by atoms with van der Waals surface area (Å²) in [5.74, 6) is 0.433. The van der Waals surface area contributed by atoms with E-state index < -0.39 is 0 Å². The van der Waals surface area contributed by atoms with E-state index in [1.807, 2.05) is 38.1 Å². The van der Waals surface area contributed by atoms with Crippen molar-refractivity contribution < 1.29 is 9.53 Å². The zero-order chi connectivity index (χ0) is 16.7. The quantitative estimate of drug-likeness (QED) is 0.602. The average molecular weight is 332 g/mol. The van der Waals surface area contributed by atoms with Crippen LogP contribution in [0.25, 0.3) is 0 Å². The van der Waals surface area contributed by atoms with Gasteiger partial charge in [0.1, 0.15) is 10.6 Å². The first kappa shape index (κ1) is 17.0. The third kappa shape index (κ3) is 4.53. The molecule has 0 spiro atoms. The molecule has 0 atom stereocenters. The molecule has 7 heteroatoms. The topological polar surface area (TPSA) is 89.6 Å². The molecule has 6 nitrogen and oxygen atoms in total. The van der Waals surface area contributed by atoms with Crippen molar-refractivity contribution in [3.8, 4) is 5.75 Å². The van der Waals surface area contributed by atoms with Crippen LogP contribution in [0.2, 0.25) is 0 Å². The van der Waals surface area contributed by atoms with Gasteiger partial charge in [0.05, 0.1) is 18.5 Å². The van der Waals surface area contributed by atoms with Crippen LogP contribution in [0.15, 0.2) is 29.4 Å². The molecule has 122 valence electrons. The molecular weight excluding hydrogens is 312 g/mol. The fourth-order valence-corrected chi connectivity index (χ4v) is 2.74. The van der Waals surface area contributed by atoms with Crippen molar-refractivity contribution in [2.75, 3.05) is 12.3 Å². The Balaban J connectivity index is 2.05. The molecule has 0 unspecified atom stereocenters. The second kappa shape index (κ2) is 8.28. The molecule has 0 radical (unpaired) electrons. The zero-order valence-corrected chi connectivity index (χ0v) is 14.0. The molecule has 1 aromatic heterocycles. The summed E-state index contributed by atoms with van der Waals surface area (Å²) in [5.41, 5.74) is 9.65. The Hall–Kier alpha value is -2.41. The lowest BCUT2D eigenvalue weighted by Gasteiger charge is -2.07. The molecule has 23 heavy (non-hydrogen) atoms. The van der Waals surface area contributed by atoms with Crippen molar-refractivity contribution in [1.29, 1.82) is 0 Å². The van der Waals surface area contributed by atoms with Crippen LogP contribution in [0.4, 0.5) is 5.13 Å². The van der Waals surface area contributed by atoms with Gasteiger partial charge in [-0.05, 0) is 25.0 Å². The van der Waals surface area contributed by atoms with E-state index in [0.717, 1.165) is 29.1 Å². The number of nitrogens with zero attached hydrogens (tertiary/aromatic N) is 2. The Morgan fingerprint density at radius 3 is 2.96 bits per heavy atom. The highest BCUT2D eigenvalue weighted by Crippen LogP contribution is 2.21. The van der Waals surface area contributed by atoms with Gasteiger partial charge >= 0.3 is 0 Å². The van der Waals surface area contributed by atoms with E-state index in [1.54, 1.807) is 6.21 Å². The van der Waals surface area contributed by atoms with E-state index in [1.165, 1.54) is 0 Å². The monoisotopic (exact) mass is 332 g/mol. The molecular formula is C16H20N4O2S. The average Bonchev–Trinajstić information content (AvgIpc) is 2.95. The van der Waals surface area contributed by atoms with E-state index in [9.17, 15) is 4.79 Å². The highest BCUT2D eigenvalue weighted by molar-refractivity contribution is 7.17. The number of benzene rings is 1. The minimum atomic E-state index is -0.306. The minimum absolute atomic E-state index is 0.306. The van der Waals surface area contributed by atoms with Crippen LogP contribution in [0.1, 0.15) is 41.2 Å². The summed E-state index contributed by atoms with van der Waals surface area (Å²) in [6, 6.07) is 7.54. The Kier molecular flexibility index (Phi) is 6.10. The number of nitrogen functional groups attached to an aromatic ring is 1. The predicted octanol–water partition coefficient (Wildman–Crippen LogP) is 2.84. The first-order chi connectivity index (χ1) is 11.2. The number of rotatable bonds is 7. The Morgan fingerprint density at radius 2 is 2.22 bits per heavy atom. The van der Waals surface area contributed by atoms with Crippen LogP contribution >= 0.6 is 11.3 Å². The smallest absolute Gasteiger partial charge is 0.283 e. The molecule has 0 fully saturated rings. The van der Waals surface area contributed by atoms with Crippen LogP contribution in [0, 0.1) is 0 Å². The first-order valence-electron chi connectivity index (χ1n) is 7.46. The molecule has 0 aliphatic heterocycles. The second-order valence-electron chi connectivity index (χ2n) is 4.77. The van der Waals surface area contributed by atoms with E-state index in [4.69, 9.17) is 10.5 Å². The standard InChI is InChI=1S/C16H20N4O2S/c1-3-9-22-13-8-6-5-7-11(13)10-18-20-15(21)14-12(4-2)19-16(17)23-14/h5-8,10H,3-4,9H2,1-2H3,(H2,17,19)(H,20,21)/b18-10+. The largest absolute Gasteiger partial charge is 0.493 e. The van der Waals surface area contributed by atoms with Crippen molar-refractivity contribution in [1.82, 2.24) is 10.4 Å². The number of nitrogens with two attached hydrogens (primary N) is 1. The summed E-state index contributed by atoms with van der Waals surface area (Å²) in [7, 11) is 0. The molecule has 1 heterocycles. The SMILES string of the molecule is CCCOc1ccccc1/C=N/NC(=O)c1sc(N)nc1CC. The molecule has 0 aliphatic carbocycles. The molecule has 1 amide bonds. The molecule has 0 saturated heterocycles. The number of anilines is 1. The third-order valence-electron chi connectivity index (χ3n) is 3.01. The number of thiazole rings is 1. The summed E-state index contributed by atoms with van der Waals surface area (Å²) < 4.78 is 5.64. The lowest BCUT2D eigenvalue weighted by Crippen LogP contribution is -2.17. The minimum Gasteiger partial charge on any atom is -0.493 e. The van der Waals surface area contributed by atoms with Gasteiger partial charge in [-0.1, -0.05) is 37.3 Å². The third-order valence-corrected chi connectivity index (χ3v) is 3.93. The number of carbonyl (C=O) groups excluding carboxylic acids is 1. The Morgan fingerprint density at radius 1 is 1.43 bits per heavy atom. The molecule has 3 N–H and O–H groups in total. The summed E-state index contributed by atoms with van der Waals surface area (Å²) in [6.07, 6.45) is 3.14. The second-order valence-corrected chi connectivity index (χ2v) is 5.80. The lowest BCUT2D eigenvalue weighted by molar-refractivity contribution is 0.0958. The summed E-state index contributed by atoms with van der Waals surface area (Å²) >= 11 is 1.16. The van der Waals surface area contributed by atoms with Crippen LogP contribution in [-0.2, 0) is 6.42 Å². The summed E-state index contributed by atoms with van der Waals surface area (Å²) in [5, 5.41) is 4.39. The summed E-state index contributed by atoms with van der Waals surface area (Å²) in [4.78, 5) is 16.8. The molecule has 1 aromatic carbocycles. The van der Waals surface area contributed by atoms with Gasteiger partial charge in [0, 0.05) is 5.56 Å². The maximum atomic E-state index is 12.1. The number of hydrogen-bond donors (Lipinski definition) is 2. The normalized spacial score (nSPS) is 10.9. The van der Waals surface area contributed by atoms with E-state index >= 15 is 0 Å². The van der Waals surface area contributed by atoms with Gasteiger partial charge in [-0.25, -0.2) is 10.4 Å². The van der Waals surface area contributed by atoms with Gasteiger partial charge < -0.3 is 10.5 Å². The van der Waals surface area contributed by atoms with Crippen molar-refractivity contribution in [2.24, 2.45) is 5.10 Å². The van der Waals surface area contributed by atoms with Crippen LogP contribution in [0.5, 0.6) is 5.75 Å². The lowest BCUT2D eigenvalue weighted by atomic mass is 10.2. The van der Waals surface area contributed by atoms with Gasteiger partial charge in [0.2, 0.25) is 0 Å². The van der Waals surface area contributed by atoms with E-state index in [-0.39, 0.29) is 5.91 Å². The van der Waals surface area contributed by atoms with Crippen molar-refractivity contribution >= 4 is 28.6 Å². The van der Waals surface area contributed by atoms with Gasteiger partial charge in [0.15, 0.2) is 5.13 Å². The zero-order valence-electron chi connectivity index (χ0n) is 13.2. The number of amides is 1. The number of para-hydroxylation sites is 1. The molecule has 0 bridgehead atoms. The number of ether oxygens (including phenoxy) is 1. The Bertz CT molecular complexity index is 697. The predicted molar refractivity (Wildman–Crippen MR) is 93.2 cm³/mol. The molecule has 2 aromatic rings. The fourth-order valence-electron chi connectivity index (χ4n) is 1.93.